The Labute approximate surface area is 126 Å². The van der Waals surface area contributed by atoms with Crippen LogP contribution in [0.3, 0.4) is 0 Å². The lowest BCUT2D eigenvalue weighted by Crippen LogP contribution is -2.26. The molecule has 1 aliphatic heterocycles. The molecule has 1 aliphatic carbocycles. The first-order chi connectivity index (χ1) is 10.3. The number of hydrogen-bond acceptors (Lipinski definition) is 2. The number of anilines is 1. The van der Waals surface area contributed by atoms with E-state index in [0.717, 1.165) is 19.5 Å². The van der Waals surface area contributed by atoms with Gasteiger partial charge in [0, 0.05) is 31.1 Å². The van der Waals surface area contributed by atoms with Crippen LogP contribution in [0.2, 0.25) is 0 Å². The monoisotopic (exact) mass is 284 g/mol. The zero-order valence-corrected chi connectivity index (χ0v) is 12.5. The topological polar surface area (TPSA) is 41.1 Å². The van der Waals surface area contributed by atoms with E-state index >= 15 is 0 Å². The molecule has 0 bridgehead atoms. The summed E-state index contributed by atoms with van der Waals surface area (Å²) in [6.07, 6.45) is 9.03. The van der Waals surface area contributed by atoms with Gasteiger partial charge in [0.05, 0.1) is 0 Å². The van der Waals surface area contributed by atoms with Crippen molar-refractivity contribution in [3.63, 3.8) is 0 Å². The largest absolute Gasteiger partial charge is 0.384 e. The Kier molecular flexibility index (Phi) is 4.59. The standard InChI is InChI=1S/C18H24N2O/c21-18(19-11-10-14-6-2-1-3-7-14)12-15-13-20-17-9-5-4-8-16(15)17/h4-6,8-9,15,20H,1-3,7,10-13H2,(H,19,21). The first-order valence-electron chi connectivity index (χ1n) is 8.10. The zero-order valence-electron chi connectivity index (χ0n) is 12.5. The lowest BCUT2D eigenvalue weighted by Gasteiger charge is -2.14. The molecule has 21 heavy (non-hydrogen) atoms. The molecular formula is C18H24N2O. The van der Waals surface area contributed by atoms with Crippen molar-refractivity contribution in [2.45, 2.75) is 44.4 Å². The normalized spacial score (nSPS) is 20.4. The van der Waals surface area contributed by atoms with Gasteiger partial charge >= 0.3 is 0 Å². The molecule has 0 fully saturated rings. The van der Waals surface area contributed by atoms with E-state index in [1.54, 1.807) is 0 Å². The number of rotatable bonds is 5. The second-order valence-electron chi connectivity index (χ2n) is 6.08. The maximum absolute atomic E-state index is 12.1. The Hall–Kier alpha value is -1.77. The number of carbonyl (C=O) groups is 1. The molecule has 1 heterocycles. The van der Waals surface area contributed by atoms with E-state index < -0.39 is 0 Å². The molecule has 0 saturated heterocycles. The Bertz CT molecular complexity index is 536. The summed E-state index contributed by atoms with van der Waals surface area (Å²) in [6.45, 7) is 1.66. The van der Waals surface area contributed by atoms with Gasteiger partial charge in [0.25, 0.3) is 0 Å². The van der Waals surface area contributed by atoms with Crippen molar-refractivity contribution in [2.24, 2.45) is 0 Å². The molecule has 3 heteroatoms. The van der Waals surface area contributed by atoms with E-state index in [1.165, 1.54) is 42.5 Å². The van der Waals surface area contributed by atoms with Gasteiger partial charge in [-0.3, -0.25) is 4.79 Å². The van der Waals surface area contributed by atoms with E-state index in [2.05, 4.69) is 28.8 Å². The molecular weight excluding hydrogens is 260 g/mol. The first-order valence-corrected chi connectivity index (χ1v) is 8.10. The quantitative estimate of drug-likeness (QED) is 0.811. The second-order valence-corrected chi connectivity index (χ2v) is 6.08. The van der Waals surface area contributed by atoms with E-state index in [9.17, 15) is 4.79 Å². The summed E-state index contributed by atoms with van der Waals surface area (Å²) in [4.78, 5) is 12.1. The van der Waals surface area contributed by atoms with Crippen LogP contribution in [0.1, 0.15) is 50.0 Å². The van der Waals surface area contributed by atoms with E-state index in [4.69, 9.17) is 0 Å². The molecule has 0 saturated carbocycles. The number of fused-ring (bicyclic) bond motifs is 1. The lowest BCUT2D eigenvalue weighted by atomic mass is 9.96. The van der Waals surface area contributed by atoms with Crippen LogP contribution in [0, 0.1) is 0 Å². The molecule has 2 aliphatic rings. The number of hydrogen-bond donors (Lipinski definition) is 2. The highest BCUT2D eigenvalue weighted by Gasteiger charge is 2.23. The minimum atomic E-state index is 0.176. The summed E-state index contributed by atoms with van der Waals surface area (Å²) in [5, 5.41) is 6.45. The smallest absolute Gasteiger partial charge is 0.220 e. The Morgan fingerprint density at radius 2 is 2.19 bits per heavy atom. The molecule has 1 aromatic carbocycles. The second kappa shape index (κ2) is 6.79. The minimum Gasteiger partial charge on any atom is -0.384 e. The van der Waals surface area contributed by atoms with Crippen LogP contribution in [0.15, 0.2) is 35.9 Å². The SMILES string of the molecule is O=C(CC1CNc2ccccc21)NCCC1=CCCCC1. The van der Waals surface area contributed by atoms with Crippen molar-refractivity contribution in [1.82, 2.24) is 5.32 Å². The van der Waals surface area contributed by atoms with Gasteiger partial charge < -0.3 is 10.6 Å². The van der Waals surface area contributed by atoms with Gasteiger partial charge in [0.1, 0.15) is 0 Å². The summed E-state index contributed by atoms with van der Waals surface area (Å²) in [7, 11) is 0. The van der Waals surface area contributed by atoms with Gasteiger partial charge in [-0.2, -0.15) is 0 Å². The fourth-order valence-corrected chi connectivity index (χ4v) is 3.33. The highest BCUT2D eigenvalue weighted by Crippen LogP contribution is 2.33. The summed E-state index contributed by atoms with van der Waals surface area (Å²) in [6, 6.07) is 8.29. The van der Waals surface area contributed by atoms with Gasteiger partial charge in [0.2, 0.25) is 5.91 Å². The molecule has 2 N–H and O–H groups in total. The molecule has 3 rings (SSSR count). The summed E-state index contributed by atoms with van der Waals surface area (Å²) < 4.78 is 0. The Morgan fingerprint density at radius 3 is 3.05 bits per heavy atom. The third-order valence-corrected chi connectivity index (χ3v) is 4.52. The van der Waals surface area contributed by atoms with Gasteiger partial charge in [0.15, 0.2) is 0 Å². The van der Waals surface area contributed by atoms with Crippen molar-refractivity contribution < 1.29 is 4.79 Å². The third kappa shape index (κ3) is 3.66. The van der Waals surface area contributed by atoms with Crippen molar-refractivity contribution in [3.05, 3.63) is 41.5 Å². The van der Waals surface area contributed by atoms with Gasteiger partial charge in [-0.05, 0) is 43.7 Å². The van der Waals surface area contributed by atoms with Crippen LogP contribution < -0.4 is 10.6 Å². The molecule has 112 valence electrons. The van der Waals surface area contributed by atoms with Crippen LogP contribution in [-0.4, -0.2) is 19.0 Å². The van der Waals surface area contributed by atoms with Crippen molar-refractivity contribution in [2.75, 3.05) is 18.4 Å². The number of benzene rings is 1. The van der Waals surface area contributed by atoms with Crippen LogP contribution >= 0.6 is 0 Å². The molecule has 1 unspecified atom stereocenters. The van der Waals surface area contributed by atoms with E-state index in [0.29, 0.717) is 12.3 Å². The number of allylic oxidation sites excluding steroid dienone is 1. The zero-order chi connectivity index (χ0) is 14.5. The van der Waals surface area contributed by atoms with Crippen LogP contribution in [0.25, 0.3) is 0 Å². The fraction of sp³-hybridized carbons (Fsp3) is 0.500. The molecule has 0 spiro atoms. The number of amides is 1. The summed E-state index contributed by atoms with van der Waals surface area (Å²) in [5.74, 6) is 0.491. The predicted octanol–water partition coefficient (Wildman–Crippen LogP) is 3.59. The average molecular weight is 284 g/mol. The maximum Gasteiger partial charge on any atom is 0.220 e. The van der Waals surface area contributed by atoms with E-state index in [1.807, 2.05) is 12.1 Å². The molecule has 1 atom stereocenters. The Morgan fingerprint density at radius 1 is 1.29 bits per heavy atom. The van der Waals surface area contributed by atoms with Crippen LogP contribution in [-0.2, 0) is 4.79 Å². The number of nitrogens with one attached hydrogen (secondary N) is 2. The number of carbonyl (C=O) groups excluding carboxylic acids is 1. The van der Waals surface area contributed by atoms with Gasteiger partial charge in [-0.25, -0.2) is 0 Å². The Balaban J connectivity index is 1.44. The van der Waals surface area contributed by atoms with Gasteiger partial charge in [-0.15, -0.1) is 0 Å². The van der Waals surface area contributed by atoms with Crippen molar-refractivity contribution >= 4 is 11.6 Å². The lowest BCUT2D eigenvalue weighted by molar-refractivity contribution is -0.121. The maximum atomic E-state index is 12.1. The summed E-state index contributed by atoms with van der Waals surface area (Å²) in [5.41, 5.74) is 3.99. The van der Waals surface area contributed by atoms with Crippen LogP contribution in [0.4, 0.5) is 5.69 Å². The highest BCUT2D eigenvalue weighted by atomic mass is 16.1. The minimum absolute atomic E-state index is 0.176. The molecule has 1 amide bonds. The molecule has 3 nitrogen and oxygen atoms in total. The third-order valence-electron chi connectivity index (χ3n) is 4.52. The van der Waals surface area contributed by atoms with Gasteiger partial charge in [-0.1, -0.05) is 29.8 Å². The molecule has 0 aromatic heterocycles. The predicted molar refractivity (Wildman–Crippen MR) is 86.5 cm³/mol. The summed E-state index contributed by atoms with van der Waals surface area (Å²) >= 11 is 0. The van der Waals surface area contributed by atoms with Crippen LogP contribution in [0.5, 0.6) is 0 Å². The first kappa shape index (κ1) is 14.2. The number of para-hydroxylation sites is 1. The fourth-order valence-electron chi connectivity index (χ4n) is 3.33. The molecule has 1 aromatic rings. The highest BCUT2D eigenvalue weighted by molar-refractivity contribution is 5.78. The van der Waals surface area contributed by atoms with E-state index in [-0.39, 0.29) is 5.91 Å². The van der Waals surface area contributed by atoms with Crippen molar-refractivity contribution in [1.29, 1.82) is 0 Å². The van der Waals surface area contributed by atoms with Crippen molar-refractivity contribution in [3.8, 4) is 0 Å². The average Bonchev–Trinajstić information content (AvgIpc) is 2.92. The molecule has 0 radical (unpaired) electrons.